The molecule has 1 atom stereocenters. The van der Waals surface area contributed by atoms with Crippen molar-refractivity contribution in [3.05, 3.63) is 52.5 Å². The second-order valence-corrected chi connectivity index (χ2v) is 5.94. The first-order chi connectivity index (χ1) is 9.59. The Morgan fingerprint density at radius 2 is 2.05 bits per heavy atom. The lowest BCUT2D eigenvalue weighted by Gasteiger charge is -2.16. The minimum Gasteiger partial charge on any atom is -0.464 e. The SMILES string of the molecule is CC(C)n1ncc(Br)c1C(N)c1coc2ccccc12. The zero-order valence-electron chi connectivity index (χ0n) is 11.4. The van der Waals surface area contributed by atoms with Gasteiger partial charge in [0.25, 0.3) is 0 Å². The molecule has 0 amide bonds. The van der Waals surface area contributed by atoms with Crippen molar-refractivity contribution in [1.82, 2.24) is 9.78 Å². The number of fused-ring (bicyclic) bond motifs is 1. The molecule has 0 bridgehead atoms. The molecule has 20 heavy (non-hydrogen) atoms. The van der Waals surface area contributed by atoms with Gasteiger partial charge in [0.1, 0.15) is 5.58 Å². The second kappa shape index (κ2) is 5.07. The molecule has 1 unspecified atom stereocenters. The Hall–Kier alpha value is -1.59. The number of furan rings is 1. The van der Waals surface area contributed by atoms with Crippen LogP contribution in [-0.4, -0.2) is 9.78 Å². The Balaban J connectivity index is 2.13. The number of benzene rings is 1. The van der Waals surface area contributed by atoms with E-state index in [1.54, 1.807) is 12.5 Å². The summed E-state index contributed by atoms with van der Waals surface area (Å²) < 4.78 is 8.44. The number of rotatable bonds is 3. The van der Waals surface area contributed by atoms with Gasteiger partial charge in [0, 0.05) is 17.0 Å². The van der Waals surface area contributed by atoms with Crippen LogP contribution >= 0.6 is 15.9 Å². The largest absolute Gasteiger partial charge is 0.464 e. The molecule has 0 fully saturated rings. The van der Waals surface area contributed by atoms with E-state index in [4.69, 9.17) is 10.2 Å². The molecule has 3 rings (SSSR count). The summed E-state index contributed by atoms with van der Waals surface area (Å²) in [6.07, 6.45) is 3.52. The van der Waals surface area contributed by atoms with E-state index in [0.29, 0.717) is 0 Å². The maximum Gasteiger partial charge on any atom is 0.134 e. The molecule has 2 heterocycles. The number of nitrogens with two attached hydrogens (primary N) is 1. The van der Waals surface area contributed by atoms with Crippen LogP contribution in [0.15, 0.2) is 45.6 Å². The monoisotopic (exact) mass is 333 g/mol. The summed E-state index contributed by atoms with van der Waals surface area (Å²) in [5, 5.41) is 5.43. The van der Waals surface area contributed by atoms with Crippen LogP contribution in [0.4, 0.5) is 0 Å². The van der Waals surface area contributed by atoms with Gasteiger partial charge in [-0.3, -0.25) is 4.68 Å². The molecule has 0 saturated carbocycles. The fourth-order valence-corrected chi connectivity index (χ4v) is 2.96. The van der Waals surface area contributed by atoms with Gasteiger partial charge in [0.05, 0.1) is 28.7 Å². The number of para-hydroxylation sites is 1. The molecule has 0 aliphatic carbocycles. The van der Waals surface area contributed by atoms with E-state index in [0.717, 1.165) is 26.7 Å². The molecule has 0 spiro atoms. The van der Waals surface area contributed by atoms with E-state index in [9.17, 15) is 0 Å². The highest BCUT2D eigenvalue weighted by Gasteiger charge is 2.22. The maximum atomic E-state index is 6.46. The molecule has 3 aromatic rings. The molecular weight excluding hydrogens is 318 g/mol. The van der Waals surface area contributed by atoms with Crippen molar-refractivity contribution >= 4 is 26.9 Å². The Morgan fingerprint density at radius 1 is 1.30 bits per heavy atom. The van der Waals surface area contributed by atoms with E-state index >= 15 is 0 Å². The quantitative estimate of drug-likeness (QED) is 0.787. The van der Waals surface area contributed by atoms with Gasteiger partial charge in [-0.15, -0.1) is 0 Å². The van der Waals surface area contributed by atoms with Crippen LogP contribution < -0.4 is 5.73 Å². The number of aromatic nitrogens is 2. The molecule has 2 aromatic heterocycles. The van der Waals surface area contributed by atoms with Crippen molar-refractivity contribution in [3.63, 3.8) is 0 Å². The van der Waals surface area contributed by atoms with Crippen LogP contribution in [0.2, 0.25) is 0 Å². The summed E-state index contributed by atoms with van der Waals surface area (Å²) in [6.45, 7) is 4.17. The predicted octanol–water partition coefficient (Wildman–Crippen LogP) is 4.02. The van der Waals surface area contributed by atoms with Crippen LogP contribution in [0.25, 0.3) is 11.0 Å². The van der Waals surface area contributed by atoms with Crippen LogP contribution in [0.3, 0.4) is 0 Å². The van der Waals surface area contributed by atoms with Gasteiger partial charge in [0.15, 0.2) is 0 Å². The summed E-state index contributed by atoms with van der Waals surface area (Å²) >= 11 is 3.54. The molecule has 0 radical (unpaired) electrons. The molecule has 1 aromatic carbocycles. The van der Waals surface area contributed by atoms with E-state index in [-0.39, 0.29) is 12.1 Å². The fraction of sp³-hybridized carbons (Fsp3) is 0.267. The number of halogens is 1. The second-order valence-electron chi connectivity index (χ2n) is 5.08. The average molecular weight is 334 g/mol. The van der Waals surface area contributed by atoms with Crippen molar-refractivity contribution in [2.45, 2.75) is 25.9 Å². The van der Waals surface area contributed by atoms with E-state index in [1.165, 1.54) is 0 Å². The lowest BCUT2D eigenvalue weighted by atomic mass is 10.0. The molecule has 4 nitrogen and oxygen atoms in total. The summed E-state index contributed by atoms with van der Waals surface area (Å²) in [6, 6.07) is 7.88. The number of hydrogen-bond acceptors (Lipinski definition) is 3. The highest BCUT2D eigenvalue weighted by atomic mass is 79.9. The van der Waals surface area contributed by atoms with Gasteiger partial charge in [-0.2, -0.15) is 5.10 Å². The predicted molar refractivity (Wildman–Crippen MR) is 82.6 cm³/mol. The molecule has 104 valence electrons. The molecule has 0 aliphatic rings. The molecule has 2 N–H and O–H groups in total. The van der Waals surface area contributed by atoms with Gasteiger partial charge < -0.3 is 10.2 Å². The Labute approximate surface area is 125 Å². The topological polar surface area (TPSA) is 57.0 Å². The minimum absolute atomic E-state index is 0.250. The van der Waals surface area contributed by atoms with Crippen LogP contribution in [0.5, 0.6) is 0 Å². The standard InChI is InChI=1S/C15H16BrN3O/c1-9(2)19-15(12(16)7-18-19)14(17)11-8-20-13-6-4-3-5-10(11)13/h3-9,14H,17H2,1-2H3. The fourth-order valence-electron chi connectivity index (χ4n) is 2.44. The van der Waals surface area contributed by atoms with Crippen molar-refractivity contribution in [2.75, 3.05) is 0 Å². The van der Waals surface area contributed by atoms with Crippen LogP contribution in [0.1, 0.15) is 37.2 Å². The summed E-state index contributed by atoms with van der Waals surface area (Å²) in [4.78, 5) is 0. The summed E-state index contributed by atoms with van der Waals surface area (Å²) in [5.74, 6) is 0. The third-order valence-corrected chi connectivity index (χ3v) is 4.03. The van der Waals surface area contributed by atoms with E-state index in [1.807, 2.05) is 28.9 Å². The number of nitrogens with zero attached hydrogens (tertiary/aromatic N) is 2. The maximum absolute atomic E-state index is 6.46. The Kier molecular flexibility index (Phi) is 3.40. The van der Waals surface area contributed by atoms with Crippen molar-refractivity contribution < 1.29 is 4.42 Å². The zero-order valence-corrected chi connectivity index (χ0v) is 13.0. The average Bonchev–Trinajstić information content (AvgIpc) is 3.01. The molecule has 0 aliphatic heterocycles. The van der Waals surface area contributed by atoms with Gasteiger partial charge in [-0.1, -0.05) is 18.2 Å². The third kappa shape index (κ3) is 2.07. The summed E-state index contributed by atoms with van der Waals surface area (Å²) in [7, 11) is 0. The zero-order chi connectivity index (χ0) is 14.3. The lowest BCUT2D eigenvalue weighted by Crippen LogP contribution is -2.19. The van der Waals surface area contributed by atoms with Gasteiger partial charge in [0.2, 0.25) is 0 Å². The molecule has 0 saturated heterocycles. The first-order valence-corrected chi connectivity index (χ1v) is 7.33. The Bertz CT molecular complexity index is 744. The first kappa shape index (κ1) is 13.4. The van der Waals surface area contributed by atoms with Crippen molar-refractivity contribution in [1.29, 1.82) is 0 Å². The Morgan fingerprint density at radius 3 is 2.80 bits per heavy atom. The van der Waals surface area contributed by atoms with Gasteiger partial charge in [-0.05, 0) is 35.8 Å². The highest BCUT2D eigenvalue weighted by molar-refractivity contribution is 9.10. The van der Waals surface area contributed by atoms with E-state index < -0.39 is 0 Å². The van der Waals surface area contributed by atoms with Crippen LogP contribution in [0, 0.1) is 0 Å². The smallest absolute Gasteiger partial charge is 0.134 e. The van der Waals surface area contributed by atoms with E-state index in [2.05, 4.69) is 34.9 Å². The lowest BCUT2D eigenvalue weighted by molar-refractivity contribution is 0.497. The van der Waals surface area contributed by atoms with Crippen LogP contribution in [-0.2, 0) is 0 Å². The molecular formula is C15H16BrN3O. The van der Waals surface area contributed by atoms with Crippen molar-refractivity contribution in [3.8, 4) is 0 Å². The number of hydrogen-bond donors (Lipinski definition) is 1. The normalized spacial score (nSPS) is 13.2. The van der Waals surface area contributed by atoms with Gasteiger partial charge >= 0.3 is 0 Å². The first-order valence-electron chi connectivity index (χ1n) is 6.54. The highest BCUT2D eigenvalue weighted by Crippen LogP contribution is 2.33. The molecule has 5 heteroatoms. The third-order valence-electron chi connectivity index (χ3n) is 3.42. The van der Waals surface area contributed by atoms with Gasteiger partial charge in [-0.25, -0.2) is 0 Å². The minimum atomic E-state index is -0.280. The van der Waals surface area contributed by atoms with Crippen molar-refractivity contribution in [2.24, 2.45) is 5.73 Å². The summed E-state index contributed by atoms with van der Waals surface area (Å²) in [5.41, 5.74) is 9.25.